The second-order valence-electron chi connectivity index (χ2n) is 11.6. The SMILES string of the molecule is COc1cc(P(=O)(C(C)C)C(C)C)ccc1NCC#Cc1sc2c(NC3CCN(C)CC3F)cccc2c1CC(F)(F)F. The van der Waals surface area contributed by atoms with Gasteiger partial charge in [0.25, 0.3) is 0 Å². The molecule has 0 saturated carbocycles. The van der Waals surface area contributed by atoms with Crippen molar-refractivity contribution in [2.45, 2.75) is 70.2 Å². The number of methoxy groups -OCH3 is 1. The Morgan fingerprint density at radius 2 is 1.86 bits per heavy atom. The molecule has 5 nitrogen and oxygen atoms in total. The Hall–Kier alpha value is -2.73. The third kappa shape index (κ3) is 7.50. The maximum atomic E-state index is 14.7. The van der Waals surface area contributed by atoms with Crippen LogP contribution in [0.25, 0.3) is 10.1 Å². The van der Waals surface area contributed by atoms with E-state index in [0.29, 0.717) is 45.1 Å². The summed E-state index contributed by atoms with van der Waals surface area (Å²) in [7, 11) is 0.745. The van der Waals surface area contributed by atoms with Crippen molar-refractivity contribution in [1.29, 1.82) is 0 Å². The van der Waals surface area contributed by atoms with Crippen LogP contribution in [0.4, 0.5) is 28.9 Å². The van der Waals surface area contributed by atoms with Gasteiger partial charge in [0.1, 0.15) is 19.1 Å². The zero-order valence-corrected chi connectivity index (χ0v) is 27.2. The molecule has 0 radical (unpaired) electrons. The molecule has 43 heavy (non-hydrogen) atoms. The Balaban J connectivity index is 1.60. The molecule has 2 aromatic carbocycles. The van der Waals surface area contributed by atoms with E-state index >= 15 is 0 Å². The normalized spacial score (nSPS) is 18.1. The molecule has 0 bridgehead atoms. The third-order valence-electron chi connectivity index (χ3n) is 7.97. The van der Waals surface area contributed by atoms with E-state index in [1.54, 1.807) is 30.3 Å². The number of anilines is 2. The summed E-state index contributed by atoms with van der Waals surface area (Å²) in [6, 6.07) is 10.2. The van der Waals surface area contributed by atoms with Crippen molar-refractivity contribution in [2.75, 3.05) is 44.4 Å². The van der Waals surface area contributed by atoms with Gasteiger partial charge in [-0.1, -0.05) is 51.7 Å². The van der Waals surface area contributed by atoms with Crippen molar-refractivity contribution >= 4 is 45.2 Å². The molecule has 3 aromatic rings. The topological polar surface area (TPSA) is 53.6 Å². The van der Waals surface area contributed by atoms with Crippen molar-refractivity contribution in [3.8, 4) is 17.6 Å². The van der Waals surface area contributed by atoms with E-state index in [0.717, 1.165) is 11.8 Å². The summed E-state index contributed by atoms with van der Waals surface area (Å²) >= 11 is 1.19. The zero-order chi connectivity index (χ0) is 31.5. The Morgan fingerprint density at radius 3 is 2.49 bits per heavy atom. The fraction of sp³-hybridized carbons (Fsp3) is 0.500. The van der Waals surface area contributed by atoms with Gasteiger partial charge in [-0.2, -0.15) is 13.2 Å². The van der Waals surface area contributed by atoms with E-state index < -0.39 is 32.0 Å². The van der Waals surface area contributed by atoms with Crippen molar-refractivity contribution in [2.24, 2.45) is 0 Å². The molecule has 0 amide bonds. The number of nitrogens with one attached hydrogen (secondary N) is 2. The average molecular weight is 638 g/mol. The number of hydrogen-bond acceptors (Lipinski definition) is 6. The molecule has 11 heteroatoms. The fourth-order valence-corrected chi connectivity index (χ4v) is 9.86. The molecule has 1 aromatic heterocycles. The first-order chi connectivity index (χ1) is 20.2. The highest BCUT2D eigenvalue weighted by Crippen LogP contribution is 2.54. The first kappa shape index (κ1) is 33.2. The predicted molar refractivity (Wildman–Crippen MR) is 172 cm³/mol. The standard InChI is InChI=1S/C32H40F4N3O2PS/c1-20(2)42(40,21(3)4)22-12-13-27(29(17-22)41-6)37-15-8-11-30-24(18-32(34,35)36)23-9-7-10-28(31(23)43-30)38-26-14-16-39(5)19-25(26)33/h7,9-10,12-13,17,20-21,25-26,37-38H,14-16,18-19H2,1-6H3. The molecule has 2 N–H and O–H groups in total. The van der Waals surface area contributed by atoms with Gasteiger partial charge in [0.2, 0.25) is 0 Å². The van der Waals surface area contributed by atoms with E-state index in [2.05, 4.69) is 22.5 Å². The van der Waals surface area contributed by atoms with E-state index in [-0.39, 0.29) is 23.4 Å². The van der Waals surface area contributed by atoms with Crippen LogP contribution in [0.3, 0.4) is 0 Å². The molecule has 1 saturated heterocycles. The third-order valence-corrected chi connectivity index (χ3v) is 13.3. The van der Waals surface area contributed by atoms with Crippen LogP contribution in [0, 0.1) is 11.8 Å². The maximum absolute atomic E-state index is 14.7. The number of hydrogen-bond donors (Lipinski definition) is 2. The Labute approximate surface area is 255 Å². The lowest BCUT2D eigenvalue weighted by molar-refractivity contribution is -0.126. The van der Waals surface area contributed by atoms with Crippen LogP contribution in [0.1, 0.15) is 44.6 Å². The first-order valence-corrected chi connectivity index (χ1v) is 17.1. The van der Waals surface area contributed by atoms with Crippen LogP contribution < -0.4 is 20.7 Å². The van der Waals surface area contributed by atoms with Crippen molar-refractivity contribution < 1.29 is 26.9 Å². The van der Waals surface area contributed by atoms with Gasteiger partial charge >= 0.3 is 6.18 Å². The predicted octanol–water partition coefficient (Wildman–Crippen LogP) is 7.74. The van der Waals surface area contributed by atoms with Crippen molar-refractivity contribution in [1.82, 2.24) is 4.90 Å². The minimum absolute atomic E-state index is 0.0208. The smallest absolute Gasteiger partial charge is 0.393 e. The molecule has 1 aliphatic rings. The molecule has 0 aliphatic carbocycles. The van der Waals surface area contributed by atoms with E-state index in [1.807, 2.05) is 45.7 Å². The number of thiophene rings is 1. The molecular formula is C32H40F4N3O2PS. The Bertz CT molecular complexity index is 1530. The van der Waals surface area contributed by atoms with Crippen LogP contribution in [0.15, 0.2) is 36.4 Å². The van der Waals surface area contributed by atoms with Gasteiger partial charge in [-0.05, 0) is 48.7 Å². The van der Waals surface area contributed by atoms with E-state index in [1.165, 1.54) is 18.4 Å². The quantitative estimate of drug-likeness (QED) is 0.143. The summed E-state index contributed by atoms with van der Waals surface area (Å²) in [5.74, 6) is 6.45. The highest BCUT2D eigenvalue weighted by Gasteiger charge is 2.34. The monoisotopic (exact) mass is 637 g/mol. The van der Waals surface area contributed by atoms with Gasteiger partial charge in [0, 0.05) is 29.7 Å². The lowest BCUT2D eigenvalue weighted by atomic mass is 10.0. The molecule has 2 atom stereocenters. The molecule has 1 aliphatic heterocycles. The van der Waals surface area contributed by atoms with Crippen LogP contribution in [0.2, 0.25) is 0 Å². The summed E-state index contributed by atoms with van der Waals surface area (Å²) in [6.07, 6.45) is -5.99. The minimum Gasteiger partial charge on any atom is -0.495 e. The molecule has 2 unspecified atom stereocenters. The molecule has 4 rings (SSSR count). The molecular weight excluding hydrogens is 597 g/mol. The van der Waals surface area contributed by atoms with Gasteiger partial charge in [-0.25, -0.2) is 4.39 Å². The van der Waals surface area contributed by atoms with Gasteiger partial charge in [0.05, 0.1) is 47.1 Å². The lowest BCUT2D eigenvalue weighted by Crippen LogP contribution is -2.46. The number of halogens is 4. The number of rotatable bonds is 9. The number of piperidine rings is 1. The number of likely N-dealkylation sites (tertiary alicyclic amines) is 1. The first-order valence-electron chi connectivity index (χ1n) is 14.5. The Morgan fingerprint density at radius 1 is 1.14 bits per heavy atom. The van der Waals surface area contributed by atoms with Crippen LogP contribution >= 0.6 is 18.5 Å². The fourth-order valence-electron chi connectivity index (χ4n) is 5.68. The van der Waals surface area contributed by atoms with E-state index in [4.69, 9.17) is 4.74 Å². The number of nitrogens with zero attached hydrogens (tertiary/aromatic N) is 1. The van der Waals surface area contributed by atoms with Gasteiger partial charge in [-0.15, -0.1) is 11.3 Å². The number of alkyl halides is 4. The summed E-state index contributed by atoms with van der Waals surface area (Å²) in [6.45, 7) is 9.05. The maximum Gasteiger partial charge on any atom is 0.393 e. The summed E-state index contributed by atoms with van der Waals surface area (Å²) in [5.41, 5.74) is 1.36. The summed E-state index contributed by atoms with van der Waals surface area (Å²) < 4.78 is 75.6. The number of ether oxygens (including phenoxy) is 1. The second kappa shape index (κ2) is 13.5. The zero-order valence-electron chi connectivity index (χ0n) is 25.4. The highest BCUT2D eigenvalue weighted by molar-refractivity contribution is 7.72. The highest BCUT2D eigenvalue weighted by atomic mass is 32.1. The van der Waals surface area contributed by atoms with E-state index in [9.17, 15) is 22.1 Å². The molecule has 0 spiro atoms. The average Bonchev–Trinajstić information content (AvgIpc) is 3.28. The van der Waals surface area contributed by atoms with Crippen LogP contribution in [-0.4, -0.2) is 68.4 Å². The van der Waals surface area contributed by atoms with Crippen molar-refractivity contribution in [3.63, 3.8) is 0 Å². The number of fused-ring (bicyclic) bond motifs is 1. The largest absolute Gasteiger partial charge is 0.495 e. The Kier molecular flexibility index (Phi) is 10.4. The van der Waals surface area contributed by atoms with Gasteiger partial charge < -0.3 is 24.8 Å². The van der Waals surface area contributed by atoms with Crippen LogP contribution in [-0.2, 0) is 11.0 Å². The second-order valence-corrected chi connectivity index (χ2v) is 16.7. The molecule has 1 fully saturated rings. The minimum atomic E-state index is -4.41. The lowest BCUT2D eigenvalue weighted by Gasteiger charge is -2.33. The summed E-state index contributed by atoms with van der Waals surface area (Å²) in [4.78, 5) is 2.26. The number of benzene rings is 2. The molecule has 2 heterocycles. The van der Waals surface area contributed by atoms with Crippen molar-refractivity contribution in [3.05, 3.63) is 46.8 Å². The van der Waals surface area contributed by atoms with Gasteiger partial charge in [0.15, 0.2) is 0 Å². The van der Waals surface area contributed by atoms with Crippen LogP contribution in [0.5, 0.6) is 5.75 Å². The van der Waals surface area contributed by atoms with Gasteiger partial charge in [-0.3, -0.25) is 0 Å². The molecule has 234 valence electrons. The summed E-state index contributed by atoms with van der Waals surface area (Å²) in [5, 5.41) is 7.67.